The van der Waals surface area contributed by atoms with E-state index >= 15 is 0 Å². The second kappa shape index (κ2) is 5.23. The van der Waals surface area contributed by atoms with Crippen molar-refractivity contribution in [2.24, 2.45) is 0 Å². The van der Waals surface area contributed by atoms with Crippen LogP contribution in [0.4, 0.5) is 19.2 Å². The quantitative estimate of drug-likeness (QED) is 0.759. The first-order valence-electron chi connectivity index (χ1n) is 8.42. The minimum atomic E-state index is -4.51. The highest BCUT2D eigenvalue weighted by atomic mass is 19.4. The van der Waals surface area contributed by atoms with Gasteiger partial charge in [0.25, 0.3) is 6.01 Å². The number of rotatable bonds is 2. The van der Waals surface area contributed by atoms with Crippen molar-refractivity contribution in [1.29, 1.82) is 0 Å². The van der Waals surface area contributed by atoms with Crippen LogP contribution in [0, 0.1) is 6.92 Å². The molecule has 3 aliphatic heterocycles. The number of aryl methyl sites for hydroxylation is 1. The monoisotopic (exact) mass is 363 g/mol. The zero-order valence-electron chi connectivity index (χ0n) is 13.9. The van der Waals surface area contributed by atoms with Gasteiger partial charge in [-0.1, -0.05) is 0 Å². The number of halogens is 3. The van der Waals surface area contributed by atoms with Gasteiger partial charge in [0.15, 0.2) is 5.58 Å². The van der Waals surface area contributed by atoms with Crippen LogP contribution in [0.2, 0.25) is 0 Å². The summed E-state index contributed by atoms with van der Waals surface area (Å²) in [5.74, 6) is 0. The van der Waals surface area contributed by atoms with E-state index in [4.69, 9.17) is 4.42 Å². The number of alkyl halides is 3. The molecule has 0 saturated carbocycles. The number of nitrogens with zero attached hydrogens (tertiary/aromatic N) is 4. The van der Waals surface area contributed by atoms with Crippen LogP contribution in [-0.4, -0.2) is 39.9 Å². The summed E-state index contributed by atoms with van der Waals surface area (Å²) < 4.78 is 48.3. The van der Waals surface area contributed by atoms with E-state index in [9.17, 15) is 13.2 Å². The van der Waals surface area contributed by atoms with Crippen LogP contribution < -0.4 is 10.2 Å². The van der Waals surface area contributed by atoms with Crippen LogP contribution in [0.5, 0.6) is 0 Å². The Balaban J connectivity index is 1.71. The molecule has 1 aromatic carbocycles. The molecule has 3 aromatic rings. The molecule has 9 heteroatoms. The lowest BCUT2D eigenvalue weighted by Gasteiger charge is -2.47. The Morgan fingerprint density at radius 2 is 2.00 bits per heavy atom. The Bertz CT molecular complexity index is 963. The van der Waals surface area contributed by atoms with Gasteiger partial charge >= 0.3 is 6.18 Å². The van der Waals surface area contributed by atoms with Gasteiger partial charge in [0.05, 0.1) is 5.56 Å². The zero-order valence-corrected chi connectivity index (χ0v) is 13.9. The van der Waals surface area contributed by atoms with E-state index in [1.165, 1.54) is 17.7 Å². The third-order valence-corrected chi connectivity index (χ3v) is 5.06. The predicted octanol–water partition coefficient (Wildman–Crippen LogP) is 2.89. The first kappa shape index (κ1) is 15.7. The second-order valence-electron chi connectivity index (χ2n) is 6.91. The molecule has 5 heterocycles. The molecule has 0 aliphatic carbocycles. The van der Waals surface area contributed by atoms with E-state index in [2.05, 4.69) is 15.4 Å². The fraction of sp³-hybridized carbons (Fsp3) is 0.412. The van der Waals surface area contributed by atoms with Gasteiger partial charge in [0.1, 0.15) is 11.2 Å². The number of piperazine rings is 1. The third kappa shape index (κ3) is 2.30. The molecule has 3 saturated heterocycles. The van der Waals surface area contributed by atoms with Gasteiger partial charge < -0.3 is 14.6 Å². The summed E-state index contributed by atoms with van der Waals surface area (Å²) in [4.78, 5) is 6.17. The first-order chi connectivity index (χ1) is 12.4. The van der Waals surface area contributed by atoms with Gasteiger partial charge in [0, 0.05) is 37.6 Å². The van der Waals surface area contributed by atoms with E-state index in [-0.39, 0.29) is 22.7 Å². The Morgan fingerprint density at radius 1 is 1.27 bits per heavy atom. The summed E-state index contributed by atoms with van der Waals surface area (Å²) in [6.45, 7) is 2.80. The van der Waals surface area contributed by atoms with Crippen LogP contribution in [0.3, 0.4) is 0 Å². The number of nitrogens with one attached hydrogen (secondary N) is 1. The van der Waals surface area contributed by atoms with Crippen molar-refractivity contribution >= 4 is 17.1 Å². The van der Waals surface area contributed by atoms with Gasteiger partial charge in [0.2, 0.25) is 0 Å². The number of fused-ring (bicyclic) bond motifs is 3. The van der Waals surface area contributed by atoms with Crippen molar-refractivity contribution < 1.29 is 17.6 Å². The maximum Gasteiger partial charge on any atom is 0.418 e. The fourth-order valence-corrected chi connectivity index (χ4v) is 3.93. The number of oxazole rings is 1. The number of piperidine rings is 1. The maximum absolute atomic E-state index is 13.6. The van der Waals surface area contributed by atoms with E-state index < -0.39 is 11.7 Å². The molecule has 3 aliphatic rings. The van der Waals surface area contributed by atoms with Gasteiger partial charge in [-0.2, -0.15) is 23.3 Å². The third-order valence-electron chi connectivity index (χ3n) is 5.06. The number of hydrogen-bond acceptors (Lipinski definition) is 5. The van der Waals surface area contributed by atoms with E-state index in [1.807, 2.05) is 4.90 Å². The summed E-state index contributed by atoms with van der Waals surface area (Å²) >= 11 is 0. The Hall–Kier alpha value is -2.55. The van der Waals surface area contributed by atoms with Gasteiger partial charge in [-0.3, -0.25) is 0 Å². The van der Waals surface area contributed by atoms with E-state index in [0.29, 0.717) is 30.9 Å². The molecular formula is C17H16F3N5O. The van der Waals surface area contributed by atoms with E-state index in [1.54, 1.807) is 18.5 Å². The molecule has 0 amide bonds. The van der Waals surface area contributed by atoms with Crippen molar-refractivity contribution in [3.63, 3.8) is 0 Å². The van der Waals surface area contributed by atoms with Crippen molar-refractivity contribution in [1.82, 2.24) is 20.1 Å². The van der Waals surface area contributed by atoms with Gasteiger partial charge in [-0.25, -0.2) is 4.68 Å². The molecule has 0 radical (unpaired) electrons. The minimum absolute atomic E-state index is 0.0958. The SMILES string of the molecule is Cc1cc(-n2cccn2)c2oc(N3CC4CC(C3)N4)nc2c1C(F)(F)F. The first-order valence-corrected chi connectivity index (χ1v) is 8.42. The number of anilines is 1. The predicted molar refractivity (Wildman–Crippen MR) is 88.4 cm³/mol. The van der Waals surface area contributed by atoms with Crippen LogP contribution in [0.15, 0.2) is 28.9 Å². The lowest BCUT2D eigenvalue weighted by Crippen LogP contribution is -2.67. The second-order valence-corrected chi connectivity index (χ2v) is 6.91. The molecule has 136 valence electrons. The molecule has 6 nitrogen and oxygen atoms in total. The molecule has 6 rings (SSSR count). The maximum atomic E-state index is 13.6. The summed E-state index contributed by atoms with van der Waals surface area (Å²) in [5, 5.41) is 7.52. The van der Waals surface area contributed by atoms with E-state index in [0.717, 1.165) is 6.42 Å². The van der Waals surface area contributed by atoms with Crippen LogP contribution in [-0.2, 0) is 6.18 Å². The summed E-state index contributed by atoms with van der Waals surface area (Å²) in [5.41, 5.74) is -0.259. The van der Waals surface area contributed by atoms with Crippen molar-refractivity contribution in [2.45, 2.75) is 31.6 Å². The normalized spacial score (nSPS) is 22.7. The van der Waals surface area contributed by atoms with Crippen molar-refractivity contribution in [3.8, 4) is 5.69 Å². The Kier molecular flexibility index (Phi) is 3.15. The minimum Gasteiger partial charge on any atom is -0.421 e. The average molecular weight is 363 g/mol. The summed E-state index contributed by atoms with van der Waals surface area (Å²) in [6.07, 6.45) is -0.184. The Morgan fingerprint density at radius 3 is 2.62 bits per heavy atom. The molecule has 26 heavy (non-hydrogen) atoms. The molecule has 0 spiro atoms. The van der Waals surface area contributed by atoms with Crippen molar-refractivity contribution in [2.75, 3.05) is 18.0 Å². The van der Waals surface area contributed by atoms with Crippen molar-refractivity contribution in [3.05, 3.63) is 35.7 Å². The highest BCUT2D eigenvalue weighted by molar-refractivity contribution is 5.88. The molecular weight excluding hydrogens is 347 g/mol. The molecule has 2 aromatic heterocycles. The van der Waals surface area contributed by atoms with Gasteiger partial charge in [-0.15, -0.1) is 0 Å². The largest absolute Gasteiger partial charge is 0.421 e. The molecule has 3 fully saturated rings. The smallest absolute Gasteiger partial charge is 0.418 e. The summed E-state index contributed by atoms with van der Waals surface area (Å²) in [6, 6.07) is 4.08. The lowest BCUT2D eigenvalue weighted by atomic mass is 9.92. The van der Waals surface area contributed by atoms with Gasteiger partial charge in [-0.05, 0) is 31.0 Å². The molecule has 2 bridgehead atoms. The van der Waals surface area contributed by atoms with Crippen LogP contribution in [0.25, 0.3) is 16.8 Å². The topological polar surface area (TPSA) is 59.1 Å². The number of benzene rings is 1. The number of aromatic nitrogens is 3. The lowest BCUT2D eigenvalue weighted by molar-refractivity contribution is -0.136. The number of hydrogen-bond donors (Lipinski definition) is 1. The van der Waals surface area contributed by atoms with Crippen LogP contribution >= 0.6 is 0 Å². The molecule has 2 atom stereocenters. The highest BCUT2D eigenvalue weighted by Crippen LogP contribution is 2.41. The molecule has 1 N–H and O–H groups in total. The highest BCUT2D eigenvalue weighted by Gasteiger charge is 2.40. The Labute approximate surface area is 146 Å². The molecule has 2 unspecified atom stereocenters. The van der Waals surface area contributed by atoms with Crippen LogP contribution in [0.1, 0.15) is 17.5 Å². The zero-order chi connectivity index (χ0) is 18.1. The average Bonchev–Trinajstić information content (AvgIpc) is 3.22. The summed E-state index contributed by atoms with van der Waals surface area (Å²) in [7, 11) is 0. The fourth-order valence-electron chi connectivity index (χ4n) is 3.93. The standard InChI is InChI=1S/C17H16F3N5O/c1-9-5-12(25-4-2-3-21-25)15-14(13(9)17(18,19)20)23-16(26-15)24-7-10-6-11(8-24)22-10/h2-5,10-11,22H,6-8H2,1H3.